The number of hydrogen-bond donors (Lipinski definition) is 6. The molecular weight excluding hydrogens is 492 g/mol. The van der Waals surface area contributed by atoms with Crippen molar-refractivity contribution in [1.82, 2.24) is 0 Å². The van der Waals surface area contributed by atoms with Crippen molar-refractivity contribution >= 4 is 18.0 Å². The molecule has 1 aliphatic carbocycles. The molecular formula is C25H32O12. The summed E-state index contributed by atoms with van der Waals surface area (Å²) in [7, 11) is 0. The summed E-state index contributed by atoms with van der Waals surface area (Å²) in [6, 6.07) is 3.90. The van der Waals surface area contributed by atoms with E-state index in [0.29, 0.717) is 12.0 Å². The summed E-state index contributed by atoms with van der Waals surface area (Å²) in [5, 5.41) is 59.6. The van der Waals surface area contributed by atoms with Crippen molar-refractivity contribution in [1.29, 1.82) is 0 Å². The molecule has 1 aromatic rings. The Kier molecular flexibility index (Phi) is 8.36. The predicted octanol–water partition coefficient (Wildman–Crippen LogP) is -0.716. The molecule has 10 atom stereocenters. The van der Waals surface area contributed by atoms with Gasteiger partial charge in [-0.2, -0.15) is 0 Å². The lowest BCUT2D eigenvalue weighted by Gasteiger charge is -2.41. The Labute approximate surface area is 212 Å². The smallest absolute Gasteiger partial charge is 0.331 e. The van der Waals surface area contributed by atoms with Crippen molar-refractivity contribution < 1.29 is 59.2 Å². The lowest BCUT2D eigenvalue weighted by atomic mass is 9.83. The monoisotopic (exact) mass is 524 g/mol. The summed E-state index contributed by atoms with van der Waals surface area (Å²) in [4.78, 5) is 24.7. The molecule has 204 valence electrons. The lowest BCUT2D eigenvalue weighted by Crippen LogP contribution is -2.60. The number of aliphatic hydroxyl groups is 4. The largest absolute Gasteiger partial charge is 0.504 e. The minimum atomic E-state index is -1.68. The van der Waals surface area contributed by atoms with E-state index >= 15 is 0 Å². The number of esters is 2. The second kappa shape index (κ2) is 11.3. The first-order chi connectivity index (χ1) is 17.6. The van der Waals surface area contributed by atoms with Crippen molar-refractivity contribution in [2.45, 2.75) is 50.2 Å². The van der Waals surface area contributed by atoms with Crippen LogP contribution in [0.2, 0.25) is 0 Å². The molecule has 12 nitrogen and oxygen atoms in total. The Hall–Kier alpha value is -2.74. The van der Waals surface area contributed by atoms with E-state index < -0.39 is 55.2 Å². The van der Waals surface area contributed by atoms with Gasteiger partial charge in [0.15, 0.2) is 23.9 Å². The first kappa shape index (κ1) is 27.3. The van der Waals surface area contributed by atoms with E-state index in [0.717, 1.165) is 6.08 Å². The van der Waals surface area contributed by atoms with Gasteiger partial charge in [-0.15, -0.1) is 0 Å². The first-order valence-corrected chi connectivity index (χ1v) is 12.1. The molecule has 3 fully saturated rings. The molecule has 1 aromatic carbocycles. The van der Waals surface area contributed by atoms with E-state index in [2.05, 4.69) is 0 Å². The fourth-order valence-corrected chi connectivity index (χ4v) is 5.43. The third-order valence-corrected chi connectivity index (χ3v) is 7.43. The fourth-order valence-electron chi connectivity index (χ4n) is 5.43. The molecule has 2 saturated heterocycles. The Morgan fingerprint density at radius 1 is 1.14 bits per heavy atom. The number of aromatic hydroxyl groups is 2. The van der Waals surface area contributed by atoms with Crippen LogP contribution in [-0.2, 0) is 28.5 Å². The van der Waals surface area contributed by atoms with Crippen molar-refractivity contribution in [2.75, 3.05) is 19.8 Å². The van der Waals surface area contributed by atoms with Crippen molar-refractivity contribution in [2.24, 2.45) is 23.7 Å². The Morgan fingerprint density at radius 3 is 2.57 bits per heavy atom. The molecule has 4 rings (SSSR count). The summed E-state index contributed by atoms with van der Waals surface area (Å²) < 4.78 is 21.9. The molecule has 1 saturated carbocycles. The van der Waals surface area contributed by atoms with Crippen molar-refractivity contribution in [3.05, 3.63) is 29.8 Å². The van der Waals surface area contributed by atoms with Crippen LogP contribution in [0.15, 0.2) is 24.3 Å². The Balaban J connectivity index is 1.36. The van der Waals surface area contributed by atoms with Crippen molar-refractivity contribution in [3.63, 3.8) is 0 Å². The summed E-state index contributed by atoms with van der Waals surface area (Å²) in [5.41, 5.74) is 0.382. The summed E-state index contributed by atoms with van der Waals surface area (Å²) in [6.45, 7) is 1.02. The van der Waals surface area contributed by atoms with Gasteiger partial charge in [0, 0.05) is 18.6 Å². The van der Waals surface area contributed by atoms with Gasteiger partial charge < -0.3 is 49.6 Å². The van der Waals surface area contributed by atoms with Crippen LogP contribution in [0.1, 0.15) is 18.9 Å². The lowest BCUT2D eigenvalue weighted by molar-refractivity contribution is -0.304. The van der Waals surface area contributed by atoms with Crippen LogP contribution in [-0.4, -0.2) is 99.2 Å². The van der Waals surface area contributed by atoms with Gasteiger partial charge in [0.05, 0.1) is 19.1 Å². The number of ether oxygens (including phenoxy) is 4. The van der Waals surface area contributed by atoms with Gasteiger partial charge >= 0.3 is 11.9 Å². The number of phenols is 2. The number of carbonyl (C=O) groups excluding carboxylic acids is 2. The minimum absolute atomic E-state index is 0.0985. The van der Waals surface area contributed by atoms with E-state index in [1.165, 1.54) is 24.3 Å². The van der Waals surface area contributed by atoms with E-state index in [1.807, 2.05) is 6.92 Å². The van der Waals surface area contributed by atoms with E-state index in [-0.39, 0.29) is 48.6 Å². The van der Waals surface area contributed by atoms with Gasteiger partial charge in [0.25, 0.3) is 0 Å². The SMILES string of the molecule is CC1C[C@@H]2OC(=O)[C@@H](CO[C@@H]3O[C@@H](CO)[C@@H](OC(=O)/C=C/c4ccc(O)c(O)c4)[C@H](O)[C@H]3O)[C@@H]2C1CO. The highest BCUT2D eigenvalue weighted by Gasteiger charge is 2.55. The Morgan fingerprint density at radius 2 is 1.89 bits per heavy atom. The van der Waals surface area contributed by atoms with Gasteiger partial charge in [-0.3, -0.25) is 4.79 Å². The molecule has 0 amide bonds. The second-order valence-corrected chi connectivity index (χ2v) is 9.74. The van der Waals surface area contributed by atoms with Gasteiger partial charge in [-0.05, 0) is 42.0 Å². The number of aliphatic hydroxyl groups excluding tert-OH is 4. The third kappa shape index (κ3) is 5.59. The molecule has 2 heterocycles. The van der Waals surface area contributed by atoms with Gasteiger partial charge in [-0.25, -0.2) is 4.79 Å². The molecule has 0 radical (unpaired) electrons. The van der Waals surface area contributed by atoms with Crippen LogP contribution in [0.4, 0.5) is 0 Å². The molecule has 3 aliphatic rings. The number of rotatable bonds is 8. The maximum Gasteiger partial charge on any atom is 0.331 e. The van der Waals surface area contributed by atoms with Crippen LogP contribution in [0.25, 0.3) is 6.08 Å². The minimum Gasteiger partial charge on any atom is -0.504 e. The highest BCUT2D eigenvalue weighted by Crippen LogP contribution is 2.47. The highest BCUT2D eigenvalue weighted by atomic mass is 16.7. The zero-order chi connectivity index (χ0) is 26.9. The number of phenolic OH excluding ortho intramolecular Hbond substituents is 2. The summed E-state index contributed by atoms with van der Waals surface area (Å²) in [6.07, 6.45) is -4.80. The molecule has 2 aliphatic heterocycles. The van der Waals surface area contributed by atoms with Gasteiger partial charge in [-0.1, -0.05) is 13.0 Å². The zero-order valence-corrected chi connectivity index (χ0v) is 20.1. The molecule has 0 aromatic heterocycles. The number of benzene rings is 1. The summed E-state index contributed by atoms with van der Waals surface area (Å²) >= 11 is 0. The topological polar surface area (TPSA) is 192 Å². The van der Waals surface area contributed by atoms with Crippen LogP contribution in [0, 0.1) is 23.7 Å². The van der Waals surface area contributed by atoms with Crippen LogP contribution in [0.3, 0.4) is 0 Å². The molecule has 2 unspecified atom stereocenters. The third-order valence-electron chi connectivity index (χ3n) is 7.43. The Bertz CT molecular complexity index is 1010. The number of hydrogen-bond acceptors (Lipinski definition) is 12. The summed E-state index contributed by atoms with van der Waals surface area (Å²) in [5.74, 6) is -3.00. The fraction of sp³-hybridized carbons (Fsp3) is 0.600. The van der Waals surface area contributed by atoms with Gasteiger partial charge in [0.1, 0.15) is 24.4 Å². The average Bonchev–Trinajstić information content (AvgIpc) is 3.34. The number of fused-ring (bicyclic) bond motifs is 1. The first-order valence-electron chi connectivity index (χ1n) is 12.1. The van der Waals surface area contributed by atoms with E-state index in [1.54, 1.807) is 0 Å². The van der Waals surface area contributed by atoms with Crippen LogP contribution >= 0.6 is 0 Å². The number of carbonyl (C=O) groups is 2. The van der Waals surface area contributed by atoms with Crippen LogP contribution in [0.5, 0.6) is 11.5 Å². The van der Waals surface area contributed by atoms with E-state index in [4.69, 9.17) is 18.9 Å². The van der Waals surface area contributed by atoms with Gasteiger partial charge in [0.2, 0.25) is 0 Å². The highest BCUT2D eigenvalue weighted by molar-refractivity contribution is 5.87. The average molecular weight is 525 g/mol. The standard InChI is InChI=1S/C25H32O12/c1-11-6-17-20(13(11)8-26)14(24(33)35-17)10-34-25-22(32)21(31)23(18(9-27)36-25)37-19(30)5-3-12-2-4-15(28)16(29)7-12/h2-5,7,11,13-14,17-18,20-23,25-29,31-32H,6,8-10H2,1H3/b5-3+/t11?,13?,14-,17-,18-,20-,21+,22+,23+,25+/m0/s1. The van der Waals surface area contributed by atoms with E-state index in [9.17, 15) is 40.2 Å². The molecule has 6 N–H and O–H groups in total. The van der Waals surface area contributed by atoms with Crippen LogP contribution < -0.4 is 0 Å². The maximum atomic E-state index is 12.4. The maximum absolute atomic E-state index is 12.4. The molecule has 0 bridgehead atoms. The molecule has 12 heteroatoms. The quantitative estimate of drug-likeness (QED) is 0.142. The van der Waals surface area contributed by atoms with Crippen molar-refractivity contribution in [3.8, 4) is 11.5 Å². The second-order valence-electron chi connectivity index (χ2n) is 9.74. The molecule has 0 spiro atoms. The zero-order valence-electron chi connectivity index (χ0n) is 20.1. The normalized spacial score (nSPS) is 37.5. The molecule has 37 heavy (non-hydrogen) atoms. The predicted molar refractivity (Wildman–Crippen MR) is 124 cm³/mol.